The number of aromatic nitrogens is 3. The number of hydrogen-bond acceptors (Lipinski definition) is 5. The first-order valence-electron chi connectivity index (χ1n) is 9.43. The van der Waals surface area contributed by atoms with Crippen LogP contribution in [0.2, 0.25) is 0 Å². The van der Waals surface area contributed by atoms with Gasteiger partial charge in [0.25, 0.3) is 0 Å². The van der Waals surface area contributed by atoms with Crippen LogP contribution in [0.15, 0.2) is 55.2 Å². The van der Waals surface area contributed by atoms with Gasteiger partial charge in [0.05, 0.1) is 29.6 Å². The molecule has 0 saturated carbocycles. The Labute approximate surface area is 164 Å². The highest BCUT2D eigenvalue weighted by Crippen LogP contribution is 2.28. The minimum Gasteiger partial charge on any atom is -0.388 e. The van der Waals surface area contributed by atoms with Gasteiger partial charge in [-0.15, -0.1) is 0 Å². The molecule has 7 nitrogen and oxygen atoms in total. The molecule has 1 N–H and O–H groups in total. The van der Waals surface area contributed by atoms with Crippen molar-refractivity contribution in [3.05, 3.63) is 60.8 Å². The number of piperidine rings is 1. The van der Waals surface area contributed by atoms with Gasteiger partial charge in [-0.1, -0.05) is 0 Å². The van der Waals surface area contributed by atoms with Crippen molar-refractivity contribution < 1.29 is 13.5 Å². The highest BCUT2D eigenvalue weighted by molar-refractivity contribution is 7.89. The Kier molecular flexibility index (Phi) is 5.18. The second kappa shape index (κ2) is 7.62. The molecular formula is C20H24N4O3S. The number of aryl methyl sites for hydroxylation is 1. The van der Waals surface area contributed by atoms with Crippen molar-refractivity contribution in [1.29, 1.82) is 0 Å². The Hall–Kier alpha value is -2.29. The van der Waals surface area contributed by atoms with Crippen LogP contribution < -0.4 is 0 Å². The zero-order chi connectivity index (χ0) is 19.6. The van der Waals surface area contributed by atoms with Crippen LogP contribution in [-0.4, -0.2) is 56.8 Å². The first-order valence-corrected chi connectivity index (χ1v) is 11.0. The zero-order valence-electron chi connectivity index (χ0n) is 15.6. The van der Waals surface area contributed by atoms with Gasteiger partial charge in [0.15, 0.2) is 0 Å². The monoisotopic (exact) mass is 400 g/mol. The third-order valence-corrected chi connectivity index (χ3v) is 7.36. The van der Waals surface area contributed by atoms with Crippen molar-refractivity contribution in [3.63, 3.8) is 0 Å². The van der Waals surface area contributed by atoms with Crippen molar-refractivity contribution in [3.8, 4) is 0 Å². The summed E-state index contributed by atoms with van der Waals surface area (Å²) < 4.78 is 28.9. The van der Waals surface area contributed by atoms with Crippen LogP contribution in [-0.2, 0) is 23.0 Å². The van der Waals surface area contributed by atoms with Gasteiger partial charge >= 0.3 is 0 Å². The summed E-state index contributed by atoms with van der Waals surface area (Å²) in [5.74, 6) is 0.0728. The van der Waals surface area contributed by atoms with E-state index in [1.165, 1.54) is 4.31 Å². The Morgan fingerprint density at radius 1 is 1.04 bits per heavy atom. The van der Waals surface area contributed by atoms with Gasteiger partial charge in [-0.25, -0.2) is 12.7 Å². The number of aliphatic hydroxyl groups is 1. The second-order valence-electron chi connectivity index (χ2n) is 7.42. The second-order valence-corrected chi connectivity index (χ2v) is 9.51. The van der Waals surface area contributed by atoms with E-state index in [2.05, 4.69) is 9.97 Å². The number of pyridine rings is 2. The van der Waals surface area contributed by atoms with E-state index < -0.39 is 15.6 Å². The Balaban J connectivity index is 1.38. The lowest BCUT2D eigenvalue weighted by molar-refractivity contribution is -0.0184. The van der Waals surface area contributed by atoms with Gasteiger partial charge in [0.1, 0.15) is 0 Å². The molecule has 1 aliphatic heterocycles. The summed E-state index contributed by atoms with van der Waals surface area (Å²) in [4.78, 5) is 8.11. The van der Waals surface area contributed by atoms with Gasteiger partial charge < -0.3 is 9.67 Å². The fourth-order valence-electron chi connectivity index (χ4n) is 3.75. The van der Waals surface area contributed by atoms with Gasteiger partial charge in [-0.2, -0.15) is 0 Å². The summed E-state index contributed by atoms with van der Waals surface area (Å²) in [6.07, 6.45) is 10.1. The molecule has 4 rings (SSSR count). The number of rotatable bonds is 6. The maximum atomic E-state index is 12.7. The lowest BCUT2D eigenvalue weighted by Gasteiger charge is -2.38. The van der Waals surface area contributed by atoms with Crippen molar-refractivity contribution in [2.75, 3.05) is 18.8 Å². The van der Waals surface area contributed by atoms with E-state index in [0.717, 1.165) is 16.5 Å². The Morgan fingerprint density at radius 2 is 1.75 bits per heavy atom. The summed E-state index contributed by atoms with van der Waals surface area (Å²) in [5.41, 5.74) is 1.02. The minimum atomic E-state index is -3.34. The predicted octanol–water partition coefficient (Wildman–Crippen LogP) is 1.83. The normalized spacial score (nSPS) is 17.8. The largest absolute Gasteiger partial charge is 0.388 e. The molecule has 0 aliphatic carbocycles. The average Bonchev–Trinajstić information content (AvgIpc) is 3.10. The molecule has 28 heavy (non-hydrogen) atoms. The molecule has 3 aromatic heterocycles. The summed E-state index contributed by atoms with van der Waals surface area (Å²) in [5, 5.41) is 12.1. The molecule has 148 valence electrons. The summed E-state index contributed by atoms with van der Waals surface area (Å²) >= 11 is 0. The van der Waals surface area contributed by atoms with Gasteiger partial charge in [-0.05, 0) is 49.1 Å². The average molecular weight is 401 g/mol. The van der Waals surface area contributed by atoms with Crippen LogP contribution in [0.5, 0.6) is 0 Å². The third-order valence-electron chi connectivity index (χ3n) is 5.49. The van der Waals surface area contributed by atoms with Crippen LogP contribution in [0.3, 0.4) is 0 Å². The molecular weight excluding hydrogens is 376 g/mol. The van der Waals surface area contributed by atoms with Crippen molar-refractivity contribution in [2.45, 2.75) is 31.4 Å². The maximum Gasteiger partial charge on any atom is 0.214 e. The molecule has 1 fully saturated rings. The molecule has 0 aromatic carbocycles. The highest BCUT2D eigenvalue weighted by Gasteiger charge is 2.36. The zero-order valence-corrected chi connectivity index (χ0v) is 16.4. The summed E-state index contributed by atoms with van der Waals surface area (Å²) in [6.45, 7) is 1.12. The lowest BCUT2D eigenvalue weighted by Crippen LogP contribution is -2.49. The molecule has 3 aromatic rings. The smallest absolute Gasteiger partial charge is 0.214 e. The fraction of sp³-hybridized carbons (Fsp3) is 0.400. The SMILES string of the molecule is O=S(=O)(CCc1ccncc1)N1CCC(O)(Cn2ccc3ccncc32)CC1. The maximum absolute atomic E-state index is 12.7. The third kappa shape index (κ3) is 4.09. The summed E-state index contributed by atoms with van der Waals surface area (Å²) in [6, 6.07) is 7.61. The molecule has 8 heteroatoms. The molecule has 0 amide bonds. The Morgan fingerprint density at radius 3 is 2.50 bits per heavy atom. The van der Waals surface area contributed by atoms with E-state index in [1.807, 2.05) is 35.0 Å². The molecule has 0 unspecified atom stereocenters. The summed E-state index contributed by atoms with van der Waals surface area (Å²) in [7, 11) is -3.34. The molecule has 0 bridgehead atoms. The van der Waals surface area contributed by atoms with Gasteiger partial charge in [0, 0.05) is 43.3 Å². The molecule has 1 aliphatic rings. The molecule has 1 saturated heterocycles. The van der Waals surface area contributed by atoms with E-state index in [1.54, 1.807) is 24.8 Å². The standard InChI is InChI=1S/C20H24N4O3S/c25-20(16-23-11-4-18-3-10-22-15-19(18)23)6-12-24(13-7-20)28(26,27)14-5-17-1-8-21-9-2-17/h1-4,8-11,15,25H,5-7,12-14,16H2. The van der Waals surface area contributed by atoms with Crippen LogP contribution >= 0.6 is 0 Å². The van der Waals surface area contributed by atoms with E-state index in [0.29, 0.717) is 38.9 Å². The lowest BCUT2D eigenvalue weighted by atomic mass is 9.92. The topological polar surface area (TPSA) is 88.3 Å². The number of fused-ring (bicyclic) bond motifs is 1. The number of sulfonamides is 1. The van der Waals surface area contributed by atoms with E-state index in [-0.39, 0.29) is 5.75 Å². The predicted molar refractivity (Wildman–Crippen MR) is 107 cm³/mol. The number of nitrogens with zero attached hydrogens (tertiary/aromatic N) is 4. The van der Waals surface area contributed by atoms with Gasteiger partial charge in [-0.3, -0.25) is 9.97 Å². The number of hydrogen-bond donors (Lipinski definition) is 1. The minimum absolute atomic E-state index is 0.0728. The fourth-order valence-corrected chi connectivity index (χ4v) is 5.24. The van der Waals surface area contributed by atoms with Crippen molar-refractivity contribution in [2.24, 2.45) is 0 Å². The first-order chi connectivity index (χ1) is 13.5. The molecule has 4 heterocycles. The van der Waals surface area contributed by atoms with Crippen molar-refractivity contribution in [1.82, 2.24) is 18.8 Å². The van der Waals surface area contributed by atoms with Crippen LogP contribution in [0, 0.1) is 0 Å². The van der Waals surface area contributed by atoms with E-state index in [4.69, 9.17) is 0 Å². The molecule has 0 spiro atoms. The van der Waals surface area contributed by atoms with Crippen LogP contribution in [0.1, 0.15) is 18.4 Å². The van der Waals surface area contributed by atoms with Crippen LogP contribution in [0.25, 0.3) is 10.9 Å². The van der Waals surface area contributed by atoms with Crippen molar-refractivity contribution >= 4 is 20.9 Å². The highest BCUT2D eigenvalue weighted by atomic mass is 32.2. The Bertz CT molecular complexity index is 1040. The van der Waals surface area contributed by atoms with Crippen LogP contribution in [0.4, 0.5) is 0 Å². The molecule has 0 radical (unpaired) electrons. The first kappa shape index (κ1) is 19.0. The van der Waals surface area contributed by atoms with E-state index in [9.17, 15) is 13.5 Å². The van der Waals surface area contributed by atoms with Gasteiger partial charge in [0.2, 0.25) is 10.0 Å². The van der Waals surface area contributed by atoms with E-state index >= 15 is 0 Å². The molecule has 0 atom stereocenters. The quantitative estimate of drug-likeness (QED) is 0.682.